The molecule has 0 spiro atoms. The molecule has 5 nitrogen and oxygen atoms in total. The molecule has 1 heterocycles. The largest absolute Gasteiger partial charge is 0.389 e. The molecule has 3 aromatic carbocycles. The number of ether oxygens (including phenoxy) is 3. The molecule has 1 N–H and O–H groups in total. The van der Waals surface area contributed by atoms with E-state index < -0.39 is 20.3 Å². The predicted octanol–water partition coefficient (Wildman–Crippen LogP) is 6.93. The maximum atomic E-state index is 11.8. The summed E-state index contributed by atoms with van der Waals surface area (Å²) in [7, 11) is -1.03. The van der Waals surface area contributed by atoms with Crippen LogP contribution in [0.3, 0.4) is 0 Å². The first-order valence-electron chi connectivity index (χ1n) is 15.2. The third kappa shape index (κ3) is 10.8. The SMILES string of the molecule is C[Si](C)(C)CCCCCN1C[C@H](OCc2ccccc2)[C@@H](OCc2ccccc2)[C@H](O)C1COCc1ccccc1. The number of hydrogen-bond donors (Lipinski definition) is 1. The lowest BCUT2D eigenvalue weighted by atomic mass is 9.93. The van der Waals surface area contributed by atoms with E-state index in [-0.39, 0.29) is 12.1 Å². The Morgan fingerprint density at radius 1 is 0.707 bits per heavy atom. The fourth-order valence-corrected chi connectivity index (χ4v) is 6.81. The molecule has 0 aliphatic carbocycles. The van der Waals surface area contributed by atoms with E-state index >= 15 is 0 Å². The number of hydrogen-bond acceptors (Lipinski definition) is 5. The van der Waals surface area contributed by atoms with E-state index in [4.69, 9.17) is 14.2 Å². The Morgan fingerprint density at radius 3 is 1.80 bits per heavy atom. The first-order chi connectivity index (χ1) is 19.9. The van der Waals surface area contributed by atoms with Crippen molar-refractivity contribution in [3.8, 4) is 0 Å². The van der Waals surface area contributed by atoms with Crippen LogP contribution in [0.1, 0.15) is 36.0 Å². The second-order valence-electron chi connectivity index (χ2n) is 12.5. The van der Waals surface area contributed by atoms with Crippen molar-refractivity contribution in [3.05, 3.63) is 108 Å². The Bertz CT molecular complexity index is 1110. The van der Waals surface area contributed by atoms with Gasteiger partial charge in [-0.2, -0.15) is 0 Å². The molecule has 3 aromatic rings. The summed E-state index contributed by atoms with van der Waals surface area (Å²) in [6.07, 6.45) is 2.16. The molecular weight excluding hydrogens is 526 g/mol. The first kappa shape index (κ1) is 31.6. The molecule has 0 amide bonds. The minimum atomic E-state index is -1.03. The minimum absolute atomic E-state index is 0.159. The van der Waals surface area contributed by atoms with Crippen molar-refractivity contribution in [1.29, 1.82) is 0 Å². The zero-order valence-electron chi connectivity index (χ0n) is 25.2. The van der Waals surface area contributed by atoms with E-state index in [1.54, 1.807) is 0 Å². The number of rotatable bonds is 16. The third-order valence-electron chi connectivity index (χ3n) is 7.85. The maximum absolute atomic E-state index is 11.8. The second-order valence-corrected chi connectivity index (χ2v) is 18.1. The van der Waals surface area contributed by atoms with Gasteiger partial charge in [-0.25, -0.2) is 0 Å². The predicted molar refractivity (Wildman–Crippen MR) is 170 cm³/mol. The van der Waals surface area contributed by atoms with Crippen molar-refractivity contribution in [1.82, 2.24) is 4.90 Å². The van der Waals surface area contributed by atoms with Gasteiger partial charge >= 0.3 is 0 Å². The summed E-state index contributed by atoms with van der Waals surface area (Å²) in [5.41, 5.74) is 3.34. The van der Waals surface area contributed by atoms with Gasteiger partial charge in [0.15, 0.2) is 0 Å². The number of unbranched alkanes of at least 4 members (excludes halogenated alkanes) is 2. The Kier molecular flexibility index (Phi) is 12.6. The fraction of sp³-hybridized carbons (Fsp3) is 0.486. The molecule has 0 bridgehead atoms. The highest BCUT2D eigenvalue weighted by molar-refractivity contribution is 6.76. The Labute approximate surface area is 248 Å². The number of likely N-dealkylation sites (tertiary alicyclic amines) is 1. The van der Waals surface area contributed by atoms with Crippen molar-refractivity contribution >= 4 is 8.07 Å². The molecule has 222 valence electrons. The molecular formula is C35H49NO4Si. The van der Waals surface area contributed by atoms with Gasteiger partial charge < -0.3 is 19.3 Å². The molecule has 1 aliphatic heterocycles. The quantitative estimate of drug-likeness (QED) is 0.148. The van der Waals surface area contributed by atoms with E-state index in [9.17, 15) is 5.11 Å². The van der Waals surface area contributed by atoms with E-state index in [2.05, 4.69) is 60.9 Å². The van der Waals surface area contributed by atoms with Crippen molar-refractivity contribution in [3.63, 3.8) is 0 Å². The van der Waals surface area contributed by atoms with Crippen LogP contribution in [0, 0.1) is 0 Å². The topological polar surface area (TPSA) is 51.2 Å². The number of piperidine rings is 1. The lowest BCUT2D eigenvalue weighted by Crippen LogP contribution is -2.64. The van der Waals surface area contributed by atoms with Gasteiger partial charge in [0.2, 0.25) is 0 Å². The van der Waals surface area contributed by atoms with Crippen molar-refractivity contribution < 1.29 is 19.3 Å². The average Bonchev–Trinajstić information content (AvgIpc) is 2.98. The molecule has 0 radical (unpaired) electrons. The highest BCUT2D eigenvalue weighted by Crippen LogP contribution is 2.27. The van der Waals surface area contributed by atoms with E-state index in [1.165, 1.54) is 18.9 Å². The van der Waals surface area contributed by atoms with Crippen LogP contribution in [0.2, 0.25) is 25.7 Å². The van der Waals surface area contributed by atoms with Crippen LogP contribution in [0.4, 0.5) is 0 Å². The van der Waals surface area contributed by atoms with Gasteiger partial charge in [0.25, 0.3) is 0 Å². The summed E-state index contributed by atoms with van der Waals surface area (Å²) in [6.45, 7) is 10.8. The van der Waals surface area contributed by atoms with Gasteiger partial charge in [-0.3, -0.25) is 4.90 Å². The maximum Gasteiger partial charge on any atom is 0.113 e. The fourth-order valence-electron chi connectivity index (χ4n) is 5.50. The Morgan fingerprint density at radius 2 is 1.24 bits per heavy atom. The molecule has 1 fully saturated rings. The van der Waals surface area contributed by atoms with Gasteiger partial charge in [0.05, 0.1) is 38.6 Å². The van der Waals surface area contributed by atoms with Crippen LogP contribution >= 0.6 is 0 Å². The number of aliphatic hydroxyl groups is 1. The molecule has 1 aliphatic rings. The summed E-state index contributed by atoms with van der Waals surface area (Å²) in [5, 5.41) is 11.8. The molecule has 1 unspecified atom stereocenters. The zero-order chi connectivity index (χ0) is 28.9. The highest BCUT2D eigenvalue weighted by atomic mass is 28.3. The molecule has 6 heteroatoms. The lowest BCUT2D eigenvalue weighted by molar-refractivity contribution is -0.193. The molecule has 0 saturated carbocycles. The van der Waals surface area contributed by atoms with E-state index in [0.29, 0.717) is 33.0 Å². The first-order valence-corrected chi connectivity index (χ1v) is 18.9. The normalized spacial score (nSPS) is 21.7. The van der Waals surface area contributed by atoms with Crippen LogP contribution < -0.4 is 0 Å². The highest BCUT2D eigenvalue weighted by Gasteiger charge is 2.44. The summed E-state index contributed by atoms with van der Waals surface area (Å²) >= 11 is 0. The monoisotopic (exact) mass is 575 g/mol. The van der Waals surface area contributed by atoms with Gasteiger partial charge in [0.1, 0.15) is 12.2 Å². The van der Waals surface area contributed by atoms with Gasteiger partial charge in [-0.15, -0.1) is 0 Å². The Hall–Kier alpha value is -2.32. The van der Waals surface area contributed by atoms with Crippen LogP contribution in [0.25, 0.3) is 0 Å². The number of nitrogens with zero attached hydrogens (tertiary/aromatic N) is 1. The van der Waals surface area contributed by atoms with E-state index in [1.807, 2.05) is 54.6 Å². The second kappa shape index (κ2) is 16.3. The van der Waals surface area contributed by atoms with Crippen molar-refractivity contribution in [2.75, 3.05) is 19.7 Å². The lowest BCUT2D eigenvalue weighted by Gasteiger charge is -2.46. The molecule has 41 heavy (non-hydrogen) atoms. The van der Waals surface area contributed by atoms with Gasteiger partial charge in [0, 0.05) is 14.6 Å². The smallest absolute Gasteiger partial charge is 0.113 e. The third-order valence-corrected chi connectivity index (χ3v) is 9.70. The van der Waals surface area contributed by atoms with Crippen molar-refractivity contribution in [2.24, 2.45) is 0 Å². The minimum Gasteiger partial charge on any atom is -0.389 e. The van der Waals surface area contributed by atoms with Crippen LogP contribution in [0.5, 0.6) is 0 Å². The summed E-state index contributed by atoms with van der Waals surface area (Å²) < 4.78 is 19.2. The van der Waals surface area contributed by atoms with Gasteiger partial charge in [-0.1, -0.05) is 130 Å². The molecule has 0 aromatic heterocycles. The summed E-state index contributed by atoms with van der Waals surface area (Å²) in [5.74, 6) is 0. The summed E-state index contributed by atoms with van der Waals surface area (Å²) in [6, 6.07) is 31.8. The summed E-state index contributed by atoms with van der Waals surface area (Å²) in [4.78, 5) is 2.39. The number of aliphatic hydroxyl groups excluding tert-OH is 1. The van der Waals surface area contributed by atoms with Gasteiger partial charge in [-0.05, 0) is 29.7 Å². The van der Waals surface area contributed by atoms with Crippen LogP contribution in [-0.4, -0.2) is 62.1 Å². The molecule has 4 atom stereocenters. The Balaban J connectivity index is 1.46. The molecule has 1 saturated heterocycles. The van der Waals surface area contributed by atoms with Crippen LogP contribution in [-0.2, 0) is 34.0 Å². The zero-order valence-corrected chi connectivity index (χ0v) is 26.2. The van der Waals surface area contributed by atoms with Crippen molar-refractivity contribution in [2.45, 2.75) is 89.1 Å². The van der Waals surface area contributed by atoms with Crippen LogP contribution in [0.15, 0.2) is 91.0 Å². The number of benzene rings is 3. The molecule has 4 rings (SSSR count). The standard InChI is InChI=1S/C35H49NO4Si/c1-41(2,3)23-15-7-14-22-36-24-33(39-26-30-18-10-5-11-19-30)35(40-27-31-20-12-6-13-21-31)34(37)32(36)28-38-25-29-16-8-4-9-17-29/h4-6,8-13,16-21,32-35,37H,7,14-15,22-28H2,1-3H3/t32?,33-,34+,35+/m0/s1. The van der Waals surface area contributed by atoms with E-state index in [0.717, 1.165) is 29.7 Å². The average molecular weight is 576 g/mol.